The molecule has 2 aromatic heterocycles. The zero-order chi connectivity index (χ0) is 13.9. The summed E-state index contributed by atoms with van der Waals surface area (Å²) in [6.07, 6.45) is 3.01. The quantitative estimate of drug-likeness (QED) is 0.857. The van der Waals surface area contributed by atoms with Gasteiger partial charge in [0.05, 0.1) is 6.20 Å². The highest BCUT2D eigenvalue weighted by Gasteiger charge is 2.16. The van der Waals surface area contributed by atoms with E-state index in [4.69, 9.17) is 0 Å². The lowest BCUT2D eigenvalue weighted by atomic mass is 10.4. The second-order valence-corrected chi connectivity index (χ2v) is 7.08. The second kappa shape index (κ2) is 5.85. The summed E-state index contributed by atoms with van der Waals surface area (Å²) in [4.78, 5) is 9.06. The maximum Gasteiger partial charge on any atom is 0.257 e. The fourth-order valence-electron chi connectivity index (χ4n) is 1.61. The molecule has 0 spiro atoms. The Hall–Kier alpha value is -1.18. The number of aromatic amines is 1. The molecule has 0 saturated carbocycles. The van der Waals surface area contributed by atoms with E-state index in [1.165, 1.54) is 11.1 Å². The number of nitrogens with one attached hydrogen (secondary N) is 2. The summed E-state index contributed by atoms with van der Waals surface area (Å²) in [7, 11) is -3.51. The van der Waals surface area contributed by atoms with E-state index in [9.17, 15) is 8.42 Å². The first-order valence-corrected chi connectivity index (χ1v) is 8.46. The van der Waals surface area contributed by atoms with Crippen LogP contribution in [0.5, 0.6) is 0 Å². The normalized spacial score (nSPS) is 11.9. The van der Waals surface area contributed by atoms with Gasteiger partial charge in [-0.15, -0.1) is 11.3 Å². The second-order valence-electron chi connectivity index (χ2n) is 4.09. The Morgan fingerprint density at radius 2 is 2.00 bits per heavy atom. The molecular formula is C12H17N3O2S2. The summed E-state index contributed by atoms with van der Waals surface area (Å²) >= 11 is 1.63. The van der Waals surface area contributed by atoms with Crippen molar-refractivity contribution >= 4 is 21.4 Å². The molecular weight excluding hydrogens is 282 g/mol. The van der Waals surface area contributed by atoms with Gasteiger partial charge in [0.15, 0.2) is 5.03 Å². The van der Waals surface area contributed by atoms with Crippen molar-refractivity contribution in [1.82, 2.24) is 14.7 Å². The van der Waals surface area contributed by atoms with Crippen LogP contribution in [0.15, 0.2) is 23.4 Å². The number of H-pyrrole nitrogens is 1. The molecule has 2 N–H and O–H groups in total. The molecule has 5 nitrogen and oxygen atoms in total. The first-order valence-electron chi connectivity index (χ1n) is 6.16. The SMILES string of the molecule is CCc1ncc(S(=O)(=O)NCc2ccc(CC)s2)[nH]1. The van der Waals surface area contributed by atoms with Crippen molar-refractivity contribution in [2.75, 3.05) is 0 Å². The van der Waals surface area contributed by atoms with Crippen LogP contribution in [0.1, 0.15) is 29.4 Å². The van der Waals surface area contributed by atoms with Crippen LogP contribution >= 0.6 is 11.3 Å². The van der Waals surface area contributed by atoms with Gasteiger partial charge in [0, 0.05) is 22.7 Å². The minimum atomic E-state index is -3.51. The summed E-state index contributed by atoms with van der Waals surface area (Å²) in [5.74, 6) is 0.671. The molecule has 0 amide bonds. The van der Waals surface area contributed by atoms with Gasteiger partial charge in [0.1, 0.15) is 5.82 Å². The third-order valence-corrected chi connectivity index (χ3v) is 5.27. The standard InChI is InChI=1S/C12H17N3O2S2/c1-3-9-5-6-10(18-9)7-14-19(16,17)12-8-13-11(4-2)15-12/h5-6,8,14H,3-4,7H2,1-2H3,(H,13,15). The molecule has 0 bridgehead atoms. The van der Waals surface area contributed by atoms with Crippen molar-refractivity contribution in [3.63, 3.8) is 0 Å². The summed E-state index contributed by atoms with van der Waals surface area (Å²) in [5.41, 5.74) is 0. The van der Waals surface area contributed by atoms with Gasteiger partial charge < -0.3 is 4.98 Å². The number of thiophene rings is 1. The number of aryl methyl sites for hydroxylation is 2. The predicted octanol–water partition coefficient (Wildman–Crippen LogP) is 2.07. The topological polar surface area (TPSA) is 74.8 Å². The number of aromatic nitrogens is 2. The van der Waals surface area contributed by atoms with Crippen LogP contribution < -0.4 is 4.72 Å². The largest absolute Gasteiger partial charge is 0.332 e. The van der Waals surface area contributed by atoms with E-state index in [1.54, 1.807) is 11.3 Å². The minimum Gasteiger partial charge on any atom is -0.332 e. The van der Waals surface area contributed by atoms with Gasteiger partial charge in [0.2, 0.25) is 0 Å². The van der Waals surface area contributed by atoms with Crippen LogP contribution in [-0.4, -0.2) is 18.4 Å². The zero-order valence-electron chi connectivity index (χ0n) is 10.9. The molecule has 7 heteroatoms. The van der Waals surface area contributed by atoms with Gasteiger partial charge in [-0.05, 0) is 18.6 Å². The Morgan fingerprint density at radius 1 is 1.26 bits per heavy atom. The van der Waals surface area contributed by atoms with Crippen LogP contribution in [0.4, 0.5) is 0 Å². The summed E-state index contributed by atoms with van der Waals surface area (Å²) in [5, 5.41) is 0.122. The van der Waals surface area contributed by atoms with Crippen molar-refractivity contribution in [2.45, 2.75) is 38.3 Å². The molecule has 0 aliphatic carbocycles. The number of hydrogen-bond acceptors (Lipinski definition) is 4. The highest BCUT2D eigenvalue weighted by molar-refractivity contribution is 7.89. The number of nitrogens with zero attached hydrogens (tertiary/aromatic N) is 1. The number of sulfonamides is 1. The van der Waals surface area contributed by atoms with Crippen molar-refractivity contribution < 1.29 is 8.42 Å². The summed E-state index contributed by atoms with van der Waals surface area (Å²) in [6, 6.07) is 3.98. The molecule has 2 aromatic rings. The van der Waals surface area contributed by atoms with E-state index in [-0.39, 0.29) is 5.03 Å². The average Bonchev–Trinajstić information content (AvgIpc) is 3.05. The minimum absolute atomic E-state index is 0.122. The Balaban J connectivity index is 2.05. The van der Waals surface area contributed by atoms with Gasteiger partial charge in [-0.2, -0.15) is 0 Å². The van der Waals surface area contributed by atoms with E-state index >= 15 is 0 Å². The monoisotopic (exact) mass is 299 g/mol. The molecule has 2 rings (SSSR count). The lowest BCUT2D eigenvalue weighted by Gasteiger charge is -2.02. The zero-order valence-corrected chi connectivity index (χ0v) is 12.6. The molecule has 0 aliphatic rings. The maximum atomic E-state index is 12.0. The van der Waals surface area contributed by atoms with E-state index in [1.807, 2.05) is 19.1 Å². The first kappa shape index (κ1) is 14.2. The molecule has 0 saturated heterocycles. The first-order chi connectivity index (χ1) is 9.05. The van der Waals surface area contributed by atoms with E-state index in [0.29, 0.717) is 18.8 Å². The van der Waals surface area contributed by atoms with Crippen molar-refractivity contribution in [1.29, 1.82) is 0 Å². The number of hydrogen-bond donors (Lipinski definition) is 2. The van der Waals surface area contributed by atoms with Gasteiger partial charge in [-0.1, -0.05) is 13.8 Å². The van der Waals surface area contributed by atoms with Crippen LogP contribution in [0.25, 0.3) is 0 Å². The molecule has 0 aliphatic heterocycles. The predicted molar refractivity (Wildman–Crippen MR) is 75.7 cm³/mol. The Labute approximate surface area is 117 Å². The molecule has 0 atom stereocenters. The molecule has 0 radical (unpaired) electrons. The van der Waals surface area contributed by atoms with E-state index < -0.39 is 10.0 Å². The Bertz CT molecular complexity index is 643. The smallest absolute Gasteiger partial charge is 0.257 e. The van der Waals surface area contributed by atoms with Gasteiger partial charge >= 0.3 is 0 Å². The molecule has 19 heavy (non-hydrogen) atoms. The van der Waals surface area contributed by atoms with Crippen molar-refractivity contribution in [2.24, 2.45) is 0 Å². The van der Waals surface area contributed by atoms with E-state index in [2.05, 4.69) is 21.6 Å². The van der Waals surface area contributed by atoms with Crippen LogP contribution in [0.2, 0.25) is 0 Å². The third-order valence-electron chi connectivity index (χ3n) is 2.73. The number of imidazole rings is 1. The molecule has 0 fully saturated rings. The lowest BCUT2D eigenvalue weighted by molar-refractivity contribution is 0.578. The molecule has 0 unspecified atom stereocenters. The van der Waals surface area contributed by atoms with Crippen LogP contribution in [0, 0.1) is 0 Å². The Morgan fingerprint density at radius 3 is 2.58 bits per heavy atom. The molecule has 2 heterocycles. The Kier molecular flexibility index (Phi) is 4.38. The van der Waals surface area contributed by atoms with Gasteiger partial charge in [-0.3, -0.25) is 0 Å². The van der Waals surface area contributed by atoms with Crippen LogP contribution in [-0.2, 0) is 29.4 Å². The molecule has 104 valence electrons. The summed E-state index contributed by atoms with van der Waals surface area (Å²) < 4.78 is 26.6. The van der Waals surface area contributed by atoms with Gasteiger partial charge in [-0.25, -0.2) is 18.1 Å². The van der Waals surface area contributed by atoms with Gasteiger partial charge in [0.25, 0.3) is 10.0 Å². The fraction of sp³-hybridized carbons (Fsp3) is 0.417. The average molecular weight is 299 g/mol. The highest BCUT2D eigenvalue weighted by atomic mass is 32.2. The highest BCUT2D eigenvalue weighted by Crippen LogP contribution is 2.17. The van der Waals surface area contributed by atoms with Crippen molar-refractivity contribution in [3.8, 4) is 0 Å². The lowest BCUT2D eigenvalue weighted by Crippen LogP contribution is -2.23. The third kappa shape index (κ3) is 3.43. The van der Waals surface area contributed by atoms with Crippen molar-refractivity contribution in [3.05, 3.63) is 33.9 Å². The summed E-state index contributed by atoms with van der Waals surface area (Å²) in [6.45, 7) is 4.31. The van der Waals surface area contributed by atoms with E-state index in [0.717, 1.165) is 11.3 Å². The maximum absolute atomic E-state index is 12.0. The van der Waals surface area contributed by atoms with Crippen LogP contribution in [0.3, 0.4) is 0 Å². The molecule has 0 aromatic carbocycles. The fourth-order valence-corrected chi connectivity index (χ4v) is 3.54. The number of rotatable bonds is 6.